The monoisotopic (exact) mass is 375 g/mol. The second-order valence-electron chi connectivity index (χ2n) is 7.96. The van der Waals surface area contributed by atoms with Crippen molar-refractivity contribution in [3.05, 3.63) is 11.9 Å². The third-order valence-corrected chi connectivity index (χ3v) is 4.81. The lowest BCUT2D eigenvalue weighted by Gasteiger charge is -2.36. The van der Waals surface area contributed by atoms with Crippen molar-refractivity contribution in [2.75, 3.05) is 18.6 Å². The molecule has 2 amide bonds. The third kappa shape index (κ3) is 3.49. The van der Waals surface area contributed by atoms with Crippen molar-refractivity contribution in [1.82, 2.24) is 14.7 Å². The summed E-state index contributed by atoms with van der Waals surface area (Å²) in [6.07, 6.45) is 0.436. The second kappa shape index (κ2) is 6.85. The molecule has 2 aliphatic rings. The lowest BCUT2D eigenvalue weighted by Crippen LogP contribution is -2.47. The number of carbonyl (C=O) groups is 2. The van der Waals surface area contributed by atoms with Crippen LogP contribution in [0.25, 0.3) is 0 Å². The van der Waals surface area contributed by atoms with E-state index in [2.05, 4.69) is 11.2 Å². The van der Waals surface area contributed by atoms with Crippen molar-refractivity contribution in [2.24, 2.45) is 5.92 Å². The highest BCUT2D eigenvalue weighted by molar-refractivity contribution is 6.00. The molecule has 146 valence electrons. The number of amides is 2. The number of nitrogens with zero attached hydrogens (tertiary/aromatic N) is 5. The molecule has 0 spiro atoms. The lowest BCUT2D eigenvalue weighted by molar-refractivity contribution is -0.126. The van der Waals surface area contributed by atoms with Crippen LogP contribution in [0.4, 0.5) is 10.5 Å². The Hall–Kier alpha value is -2.60. The van der Waals surface area contributed by atoms with E-state index in [1.165, 1.54) is 12.0 Å². The summed E-state index contributed by atoms with van der Waals surface area (Å²) in [6, 6.07) is 2.04. The largest absolute Gasteiger partial charge is 0.444 e. The molecule has 0 radical (unpaired) electrons. The zero-order valence-electron chi connectivity index (χ0n) is 16.3. The maximum atomic E-state index is 12.7. The topological polar surface area (TPSA) is 101 Å². The first-order valence-corrected chi connectivity index (χ1v) is 8.94. The molecule has 2 aliphatic heterocycles. The van der Waals surface area contributed by atoms with Gasteiger partial charge >= 0.3 is 6.09 Å². The average Bonchev–Trinajstić information content (AvgIpc) is 3.12. The van der Waals surface area contributed by atoms with E-state index in [0.29, 0.717) is 12.2 Å². The minimum Gasteiger partial charge on any atom is -0.444 e. The number of nitriles is 1. The van der Waals surface area contributed by atoms with Gasteiger partial charge in [0.1, 0.15) is 5.60 Å². The number of fused-ring (bicyclic) bond motifs is 1. The van der Waals surface area contributed by atoms with Crippen LogP contribution in [0.3, 0.4) is 0 Å². The zero-order chi connectivity index (χ0) is 19.9. The van der Waals surface area contributed by atoms with E-state index in [1.807, 2.05) is 27.7 Å². The number of hydrogen-bond acceptors (Lipinski definition) is 6. The van der Waals surface area contributed by atoms with Gasteiger partial charge in [-0.3, -0.25) is 14.4 Å². The van der Waals surface area contributed by atoms with E-state index in [0.717, 1.165) is 5.69 Å². The van der Waals surface area contributed by atoms with E-state index < -0.39 is 23.7 Å². The van der Waals surface area contributed by atoms with Crippen LogP contribution in [0.5, 0.6) is 0 Å². The van der Waals surface area contributed by atoms with Gasteiger partial charge in [-0.05, 0) is 27.7 Å². The maximum absolute atomic E-state index is 12.7. The van der Waals surface area contributed by atoms with Crippen LogP contribution >= 0.6 is 0 Å². The maximum Gasteiger partial charge on any atom is 0.410 e. The van der Waals surface area contributed by atoms with Gasteiger partial charge in [-0.2, -0.15) is 10.4 Å². The number of rotatable bonds is 2. The van der Waals surface area contributed by atoms with Crippen molar-refractivity contribution in [3.63, 3.8) is 0 Å². The smallest absolute Gasteiger partial charge is 0.410 e. The molecule has 9 heteroatoms. The molecule has 0 aromatic carbocycles. The Morgan fingerprint density at radius 2 is 2.07 bits per heavy atom. The summed E-state index contributed by atoms with van der Waals surface area (Å²) < 4.78 is 12.5. The lowest BCUT2D eigenvalue weighted by atomic mass is 10.1. The first-order valence-electron chi connectivity index (χ1n) is 8.94. The first kappa shape index (κ1) is 19.2. The second-order valence-corrected chi connectivity index (χ2v) is 7.96. The van der Waals surface area contributed by atoms with Crippen molar-refractivity contribution in [1.29, 1.82) is 5.26 Å². The Labute approximate surface area is 158 Å². The zero-order valence-corrected chi connectivity index (χ0v) is 16.3. The van der Waals surface area contributed by atoms with Gasteiger partial charge in [-0.15, -0.1) is 0 Å². The highest BCUT2D eigenvalue weighted by Crippen LogP contribution is 2.32. The van der Waals surface area contributed by atoms with Crippen LogP contribution in [-0.2, 0) is 27.4 Å². The van der Waals surface area contributed by atoms with Crippen LogP contribution < -0.4 is 4.90 Å². The molecule has 1 aromatic rings. The number of aromatic nitrogens is 2. The average molecular weight is 375 g/mol. The molecule has 3 atom stereocenters. The number of anilines is 1. The third-order valence-electron chi connectivity index (χ3n) is 4.81. The summed E-state index contributed by atoms with van der Waals surface area (Å²) in [6.45, 7) is 8.44. The van der Waals surface area contributed by atoms with Gasteiger partial charge in [0.05, 0.1) is 48.7 Å². The van der Waals surface area contributed by atoms with Crippen molar-refractivity contribution < 1.29 is 19.1 Å². The fraction of sp³-hybridized carbons (Fsp3) is 0.667. The van der Waals surface area contributed by atoms with Crippen LogP contribution in [0.15, 0.2) is 6.20 Å². The van der Waals surface area contributed by atoms with Crippen molar-refractivity contribution >= 4 is 17.7 Å². The summed E-state index contributed by atoms with van der Waals surface area (Å²) >= 11 is 0. The molecule has 0 bridgehead atoms. The Balaban J connectivity index is 1.87. The normalized spacial score (nSPS) is 25.3. The van der Waals surface area contributed by atoms with E-state index in [9.17, 15) is 14.9 Å². The molecule has 1 fully saturated rings. The van der Waals surface area contributed by atoms with Crippen LogP contribution in [-0.4, -0.2) is 58.1 Å². The van der Waals surface area contributed by atoms with Crippen molar-refractivity contribution in [2.45, 2.75) is 58.5 Å². The first-order chi connectivity index (χ1) is 12.7. The van der Waals surface area contributed by atoms with Gasteiger partial charge in [-0.1, -0.05) is 0 Å². The summed E-state index contributed by atoms with van der Waals surface area (Å²) in [5, 5.41) is 13.7. The van der Waals surface area contributed by atoms with Gasteiger partial charge in [0.2, 0.25) is 0 Å². The van der Waals surface area contributed by atoms with Crippen LogP contribution in [0.1, 0.15) is 33.4 Å². The fourth-order valence-electron chi connectivity index (χ4n) is 3.48. The minimum absolute atomic E-state index is 0.0899. The number of carbonyl (C=O) groups excluding carboxylic acids is 2. The quantitative estimate of drug-likeness (QED) is 0.777. The van der Waals surface area contributed by atoms with Gasteiger partial charge in [0.15, 0.2) is 6.10 Å². The highest BCUT2D eigenvalue weighted by atomic mass is 16.6. The molecule has 2 unspecified atom stereocenters. The minimum atomic E-state index is -0.782. The summed E-state index contributed by atoms with van der Waals surface area (Å²) in [4.78, 5) is 28.4. The molecule has 0 aliphatic carbocycles. The molecular formula is C18H25N5O4. The Kier molecular flexibility index (Phi) is 4.86. The van der Waals surface area contributed by atoms with E-state index >= 15 is 0 Å². The Bertz CT molecular complexity index is 791. The molecular weight excluding hydrogens is 350 g/mol. The van der Waals surface area contributed by atoms with Gasteiger partial charge < -0.3 is 14.4 Å². The number of hydrogen-bond donors (Lipinski definition) is 0. The molecule has 0 N–H and O–H groups in total. The summed E-state index contributed by atoms with van der Waals surface area (Å²) in [5.74, 6) is -0.801. The van der Waals surface area contributed by atoms with Gasteiger partial charge in [0, 0.05) is 13.7 Å². The Morgan fingerprint density at radius 1 is 1.37 bits per heavy atom. The standard InChI is InChI=1S/C18H25N5O4/c1-11-8-23-14(10-21(11)17(25)27-18(2,3)4)13(7-20-23)22-9-12(6-19)15(26-5)16(22)24/h7,11-12,15H,8-10H2,1-5H3/t11-,12?,15?/m0/s1. The van der Waals surface area contributed by atoms with E-state index in [1.54, 1.807) is 15.8 Å². The van der Waals surface area contributed by atoms with E-state index in [-0.39, 0.29) is 25.0 Å². The molecule has 9 nitrogen and oxygen atoms in total. The molecule has 0 saturated carbocycles. The number of methoxy groups -OCH3 is 1. The molecule has 3 rings (SSSR count). The highest BCUT2D eigenvalue weighted by Gasteiger charge is 2.44. The number of ether oxygens (including phenoxy) is 2. The van der Waals surface area contributed by atoms with Gasteiger partial charge in [-0.25, -0.2) is 4.79 Å². The summed E-state index contributed by atoms with van der Waals surface area (Å²) in [5.41, 5.74) is 0.773. The van der Waals surface area contributed by atoms with Crippen LogP contribution in [0.2, 0.25) is 0 Å². The molecule has 3 heterocycles. The predicted octanol–water partition coefficient (Wildman–Crippen LogP) is 1.52. The predicted molar refractivity (Wildman–Crippen MR) is 95.7 cm³/mol. The van der Waals surface area contributed by atoms with Crippen LogP contribution in [0, 0.1) is 17.2 Å². The summed E-state index contributed by atoms with van der Waals surface area (Å²) in [7, 11) is 1.43. The molecule has 27 heavy (non-hydrogen) atoms. The van der Waals surface area contributed by atoms with E-state index in [4.69, 9.17) is 9.47 Å². The molecule has 1 saturated heterocycles. The fourth-order valence-corrected chi connectivity index (χ4v) is 3.48. The van der Waals surface area contributed by atoms with Gasteiger partial charge in [0.25, 0.3) is 5.91 Å². The Morgan fingerprint density at radius 3 is 2.63 bits per heavy atom. The molecule has 1 aromatic heterocycles. The SMILES string of the molecule is COC1C(=O)N(c2cnn3c2CN(C(=O)OC(C)(C)C)[C@@H](C)C3)CC1C#N. The van der Waals surface area contributed by atoms with Crippen molar-refractivity contribution in [3.8, 4) is 6.07 Å².